The third kappa shape index (κ3) is 4.60. The van der Waals surface area contributed by atoms with Crippen molar-refractivity contribution in [2.75, 3.05) is 6.54 Å². The third-order valence-corrected chi connectivity index (χ3v) is 4.66. The zero-order valence-corrected chi connectivity index (χ0v) is 11.4. The molecule has 0 radical (unpaired) electrons. The first kappa shape index (κ1) is 13.9. The molecule has 0 saturated heterocycles. The summed E-state index contributed by atoms with van der Waals surface area (Å²) in [5, 5.41) is 12.5. The Morgan fingerprint density at radius 3 is 2.33 bits per heavy atom. The molecular formula is C15H27NO2. The lowest BCUT2D eigenvalue weighted by molar-refractivity contribution is -0.121. The van der Waals surface area contributed by atoms with Gasteiger partial charge in [0.25, 0.3) is 0 Å². The minimum absolute atomic E-state index is 0.0979. The topological polar surface area (TPSA) is 49.3 Å². The van der Waals surface area contributed by atoms with Crippen molar-refractivity contribution in [1.82, 2.24) is 5.32 Å². The van der Waals surface area contributed by atoms with E-state index >= 15 is 0 Å². The molecule has 1 amide bonds. The number of hydrogen-bond acceptors (Lipinski definition) is 2. The molecule has 2 aliphatic rings. The monoisotopic (exact) mass is 253 g/mol. The Morgan fingerprint density at radius 1 is 1.00 bits per heavy atom. The minimum Gasteiger partial charge on any atom is -0.393 e. The average molecular weight is 253 g/mol. The molecule has 0 bridgehead atoms. The maximum absolute atomic E-state index is 11.7. The Kier molecular flexibility index (Phi) is 5.48. The van der Waals surface area contributed by atoms with E-state index in [-0.39, 0.29) is 12.0 Å². The van der Waals surface area contributed by atoms with Crippen molar-refractivity contribution < 1.29 is 9.90 Å². The summed E-state index contributed by atoms with van der Waals surface area (Å²) in [5.41, 5.74) is 0. The van der Waals surface area contributed by atoms with Gasteiger partial charge in [-0.15, -0.1) is 0 Å². The second kappa shape index (κ2) is 7.13. The standard InChI is InChI=1S/C15H27NO2/c17-14-8-5-13(6-9-14)11-16-15(18)10-7-12-3-1-2-4-12/h12-14,17H,1-11H2,(H,16,18). The van der Waals surface area contributed by atoms with Crippen LogP contribution in [0.25, 0.3) is 0 Å². The first-order valence-corrected chi connectivity index (χ1v) is 7.69. The highest BCUT2D eigenvalue weighted by Crippen LogP contribution is 2.28. The zero-order chi connectivity index (χ0) is 12.8. The number of carbonyl (C=O) groups is 1. The van der Waals surface area contributed by atoms with E-state index in [4.69, 9.17) is 0 Å². The Bertz CT molecular complexity index is 253. The summed E-state index contributed by atoms with van der Waals surface area (Å²) in [7, 11) is 0. The van der Waals surface area contributed by atoms with Crippen LogP contribution >= 0.6 is 0 Å². The van der Waals surface area contributed by atoms with Crippen LogP contribution in [0.2, 0.25) is 0 Å². The molecule has 0 aromatic carbocycles. The van der Waals surface area contributed by atoms with E-state index in [0.29, 0.717) is 12.3 Å². The number of aliphatic hydroxyl groups excluding tert-OH is 1. The van der Waals surface area contributed by atoms with Gasteiger partial charge < -0.3 is 10.4 Å². The molecule has 0 heterocycles. The van der Waals surface area contributed by atoms with Gasteiger partial charge in [-0.3, -0.25) is 4.79 Å². The van der Waals surface area contributed by atoms with Crippen LogP contribution in [0.15, 0.2) is 0 Å². The van der Waals surface area contributed by atoms with Crippen molar-refractivity contribution >= 4 is 5.91 Å². The first-order chi connectivity index (χ1) is 8.74. The van der Waals surface area contributed by atoms with Gasteiger partial charge in [0.2, 0.25) is 5.91 Å². The minimum atomic E-state index is -0.0979. The Balaban J connectivity index is 1.54. The molecule has 2 fully saturated rings. The molecule has 0 aliphatic heterocycles. The van der Waals surface area contributed by atoms with Gasteiger partial charge in [0.05, 0.1) is 6.10 Å². The van der Waals surface area contributed by atoms with Crippen LogP contribution in [0.5, 0.6) is 0 Å². The molecule has 0 aromatic rings. The van der Waals surface area contributed by atoms with Crippen molar-refractivity contribution in [3.63, 3.8) is 0 Å². The maximum Gasteiger partial charge on any atom is 0.220 e. The van der Waals surface area contributed by atoms with Gasteiger partial charge in [-0.25, -0.2) is 0 Å². The van der Waals surface area contributed by atoms with Gasteiger partial charge in [0.15, 0.2) is 0 Å². The van der Waals surface area contributed by atoms with Crippen molar-refractivity contribution in [2.24, 2.45) is 11.8 Å². The first-order valence-electron chi connectivity index (χ1n) is 7.69. The van der Waals surface area contributed by atoms with Crippen molar-refractivity contribution in [3.8, 4) is 0 Å². The quantitative estimate of drug-likeness (QED) is 0.791. The summed E-state index contributed by atoms with van der Waals surface area (Å²) in [6, 6.07) is 0. The third-order valence-electron chi connectivity index (χ3n) is 4.66. The van der Waals surface area contributed by atoms with Crippen LogP contribution in [-0.2, 0) is 4.79 Å². The van der Waals surface area contributed by atoms with E-state index in [1.807, 2.05) is 0 Å². The van der Waals surface area contributed by atoms with Crippen LogP contribution in [0.3, 0.4) is 0 Å². The molecule has 2 aliphatic carbocycles. The number of hydrogen-bond donors (Lipinski definition) is 2. The fraction of sp³-hybridized carbons (Fsp3) is 0.933. The molecule has 2 saturated carbocycles. The normalized spacial score (nSPS) is 29.4. The van der Waals surface area contributed by atoms with Crippen molar-refractivity contribution in [3.05, 3.63) is 0 Å². The summed E-state index contributed by atoms with van der Waals surface area (Å²) in [6.07, 6.45) is 11.0. The molecule has 0 spiro atoms. The molecule has 0 aromatic heterocycles. The van der Waals surface area contributed by atoms with E-state index in [9.17, 15) is 9.90 Å². The molecule has 18 heavy (non-hydrogen) atoms. The van der Waals surface area contributed by atoms with Crippen LogP contribution in [0, 0.1) is 11.8 Å². The highest BCUT2D eigenvalue weighted by atomic mass is 16.3. The molecule has 0 unspecified atom stereocenters. The molecule has 0 atom stereocenters. The van der Waals surface area contributed by atoms with Gasteiger partial charge in [0.1, 0.15) is 0 Å². The second-order valence-electron chi connectivity index (χ2n) is 6.17. The molecule has 3 nitrogen and oxygen atoms in total. The van der Waals surface area contributed by atoms with E-state index in [1.54, 1.807) is 0 Å². The zero-order valence-electron chi connectivity index (χ0n) is 11.4. The van der Waals surface area contributed by atoms with Gasteiger partial charge in [-0.1, -0.05) is 25.7 Å². The van der Waals surface area contributed by atoms with Gasteiger partial charge >= 0.3 is 0 Å². The van der Waals surface area contributed by atoms with Gasteiger partial charge in [-0.2, -0.15) is 0 Å². The van der Waals surface area contributed by atoms with E-state index < -0.39 is 0 Å². The number of nitrogens with one attached hydrogen (secondary N) is 1. The smallest absolute Gasteiger partial charge is 0.220 e. The summed E-state index contributed by atoms with van der Waals surface area (Å²) in [6.45, 7) is 0.816. The Morgan fingerprint density at radius 2 is 1.67 bits per heavy atom. The van der Waals surface area contributed by atoms with Gasteiger partial charge in [-0.05, 0) is 43.9 Å². The van der Waals surface area contributed by atoms with Gasteiger partial charge in [0, 0.05) is 13.0 Å². The fourth-order valence-electron chi connectivity index (χ4n) is 3.33. The number of amides is 1. The Hall–Kier alpha value is -0.570. The number of aliphatic hydroxyl groups is 1. The highest BCUT2D eigenvalue weighted by Gasteiger charge is 2.20. The second-order valence-corrected chi connectivity index (χ2v) is 6.17. The lowest BCUT2D eigenvalue weighted by Crippen LogP contribution is -2.32. The lowest BCUT2D eigenvalue weighted by Gasteiger charge is -2.25. The molecule has 2 N–H and O–H groups in total. The van der Waals surface area contributed by atoms with Crippen LogP contribution in [0.1, 0.15) is 64.2 Å². The predicted octanol–water partition coefficient (Wildman–Crippen LogP) is 2.62. The van der Waals surface area contributed by atoms with Crippen LogP contribution in [-0.4, -0.2) is 23.7 Å². The number of rotatable bonds is 5. The summed E-state index contributed by atoms with van der Waals surface area (Å²) in [4.78, 5) is 11.7. The molecule has 3 heteroatoms. The highest BCUT2D eigenvalue weighted by molar-refractivity contribution is 5.75. The summed E-state index contributed by atoms with van der Waals surface area (Å²) < 4.78 is 0. The molecule has 104 valence electrons. The average Bonchev–Trinajstić information content (AvgIpc) is 2.89. The summed E-state index contributed by atoms with van der Waals surface area (Å²) >= 11 is 0. The molecular weight excluding hydrogens is 226 g/mol. The number of carbonyl (C=O) groups excluding carboxylic acids is 1. The van der Waals surface area contributed by atoms with Crippen LogP contribution < -0.4 is 5.32 Å². The van der Waals surface area contributed by atoms with Crippen molar-refractivity contribution in [2.45, 2.75) is 70.3 Å². The van der Waals surface area contributed by atoms with Crippen LogP contribution in [0.4, 0.5) is 0 Å². The lowest BCUT2D eigenvalue weighted by atomic mass is 9.87. The maximum atomic E-state index is 11.7. The Labute approximate surface area is 110 Å². The van der Waals surface area contributed by atoms with E-state index in [1.165, 1.54) is 25.7 Å². The predicted molar refractivity (Wildman–Crippen MR) is 72.2 cm³/mol. The van der Waals surface area contributed by atoms with Crippen molar-refractivity contribution in [1.29, 1.82) is 0 Å². The largest absolute Gasteiger partial charge is 0.393 e. The van der Waals surface area contributed by atoms with E-state index in [2.05, 4.69) is 5.32 Å². The molecule has 2 rings (SSSR count). The fourth-order valence-corrected chi connectivity index (χ4v) is 3.33. The summed E-state index contributed by atoms with van der Waals surface area (Å²) in [5.74, 6) is 1.62. The van der Waals surface area contributed by atoms with E-state index in [0.717, 1.165) is 44.6 Å². The SMILES string of the molecule is O=C(CCC1CCCC1)NCC1CCC(O)CC1.